The summed E-state index contributed by atoms with van der Waals surface area (Å²) in [7, 11) is 0. The molecule has 2 rings (SSSR count). The van der Waals surface area contributed by atoms with Crippen molar-refractivity contribution in [1.82, 2.24) is 10.4 Å². The third-order valence-electron chi connectivity index (χ3n) is 2.60. The van der Waals surface area contributed by atoms with E-state index in [1.807, 2.05) is 18.2 Å². The van der Waals surface area contributed by atoms with Gasteiger partial charge in [-0.05, 0) is 25.0 Å². The molecule has 1 saturated heterocycles. The quantitative estimate of drug-likeness (QED) is 0.358. The van der Waals surface area contributed by atoms with E-state index in [2.05, 4.69) is 10.4 Å². The minimum atomic E-state index is -0.394. The number of hydrazine groups is 1. The summed E-state index contributed by atoms with van der Waals surface area (Å²) >= 11 is 1.64. The topological polar surface area (TPSA) is 77.2 Å². The fraction of sp³-hybridized carbons (Fsp3) is 0.455. The van der Waals surface area contributed by atoms with Gasteiger partial charge in [-0.2, -0.15) is 0 Å². The first-order chi connectivity index (χ1) is 8.29. The number of amides is 1. The van der Waals surface area contributed by atoms with Crippen molar-refractivity contribution in [3.05, 3.63) is 24.4 Å². The highest BCUT2D eigenvalue weighted by Gasteiger charge is 2.30. The Morgan fingerprint density at radius 1 is 1.59 bits per heavy atom. The third-order valence-corrected chi connectivity index (χ3v) is 3.67. The van der Waals surface area contributed by atoms with Gasteiger partial charge in [0.25, 0.3) is 5.91 Å². The summed E-state index contributed by atoms with van der Waals surface area (Å²) in [6.45, 7) is 0. The number of ether oxygens (including phenoxy) is 1. The van der Waals surface area contributed by atoms with Crippen LogP contribution in [0.1, 0.15) is 12.8 Å². The lowest BCUT2D eigenvalue weighted by Crippen LogP contribution is -2.39. The first-order valence-corrected chi connectivity index (χ1v) is 6.48. The molecule has 1 aromatic heterocycles. The van der Waals surface area contributed by atoms with Crippen LogP contribution in [0.5, 0.6) is 0 Å². The summed E-state index contributed by atoms with van der Waals surface area (Å²) < 4.78 is 5.60. The molecule has 5 nitrogen and oxygen atoms in total. The highest BCUT2D eigenvalue weighted by molar-refractivity contribution is 7.99. The highest BCUT2D eigenvalue weighted by atomic mass is 32.2. The van der Waals surface area contributed by atoms with Crippen molar-refractivity contribution in [3.8, 4) is 0 Å². The molecule has 0 spiro atoms. The lowest BCUT2D eigenvalue weighted by Gasteiger charge is -2.11. The summed E-state index contributed by atoms with van der Waals surface area (Å²) in [5, 5.41) is 0.975. The van der Waals surface area contributed by atoms with Gasteiger partial charge in [-0.15, -0.1) is 11.8 Å². The number of thioether (sulfide) groups is 1. The second-order valence-electron chi connectivity index (χ2n) is 3.81. The SMILES string of the molecule is NNC(=O)C1CCC(CSc2ccccn2)O1. The van der Waals surface area contributed by atoms with Gasteiger partial charge in [0.05, 0.1) is 11.1 Å². The second-order valence-corrected chi connectivity index (χ2v) is 4.85. The summed E-state index contributed by atoms with van der Waals surface area (Å²) in [5.74, 6) is 5.64. The largest absolute Gasteiger partial charge is 0.364 e. The summed E-state index contributed by atoms with van der Waals surface area (Å²) in [4.78, 5) is 15.5. The molecule has 1 aliphatic rings. The average molecular weight is 253 g/mol. The summed E-state index contributed by atoms with van der Waals surface area (Å²) in [6.07, 6.45) is 3.09. The molecule has 6 heteroatoms. The molecule has 0 bridgehead atoms. The van der Waals surface area contributed by atoms with Crippen LogP contribution in [0.15, 0.2) is 29.4 Å². The highest BCUT2D eigenvalue weighted by Crippen LogP contribution is 2.25. The number of hydrogen-bond donors (Lipinski definition) is 2. The van der Waals surface area contributed by atoms with Gasteiger partial charge in [0.15, 0.2) is 0 Å². The van der Waals surface area contributed by atoms with Crippen molar-refractivity contribution < 1.29 is 9.53 Å². The maximum absolute atomic E-state index is 11.3. The number of carbonyl (C=O) groups is 1. The van der Waals surface area contributed by atoms with Crippen LogP contribution in [0.25, 0.3) is 0 Å². The van der Waals surface area contributed by atoms with Crippen LogP contribution >= 0.6 is 11.8 Å². The first kappa shape index (κ1) is 12.3. The predicted molar refractivity (Wildman–Crippen MR) is 65.2 cm³/mol. The molecular weight excluding hydrogens is 238 g/mol. The van der Waals surface area contributed by atoms with E-state index in [1.165, 1.54) is 0 Å². The monoisotopic (exact) mass is 253 g/mol. The standard InChI is InChI=1S/C11H15N3O2S/c12-14-11(15)9-5-4-8(16-9)7-17-10-3-1-2-6-13-10/h1-3,6,8-9H,4-5,7,12H2,(H,14,15). The molecule has 2 unspecified atom stereocenters. The summed E-state index contributed by atoms with van der Waals surface area (Å²) in [6, 6.07) is 5.80. The molecule has 2 atom stereocenters. The number of pyridine rings is 1. The molecule has 0 aliphatic carbocycles. The molecule has 1 aromatic rings. The van der Waals surface area contributed by atoms with E-state index in [1.54, 1.807) is 18.0 Å². The number of rotatable bonds is 4. The number of carbonyl (C=O) groups excluding carboxylic acids is 1. The lowest BCUT2D eigenvalue weighted by molar-refractivity contribution is -0.131. The van der Waals surface area contributed by atoms with Gasteiger partial charge in [0.2, 0.25) is 0 Å². The van der Waals surface area contributed by atoms with E-state index in [9.17, 15) is 4.79 Å². The molecular formula is C11H15N3O2S. The van der Waals surface area contributed by atoms with Gasteiger partial charge in [-0.1, -0.05) is 6.07 Å². The summed E-state index contributed by atoms with van der Waals surface area (Å²) in [5.41, 5.74) is 2.12. The van der Waals surface area contributed by atoms with Gasteiger partial charge in [-0.25, -0.2) is 10.8 Å². The molecule has 3 N–H and O–H groups in total. The van der Waals surface area contributed by atoms with Gasteiger partial charge >= 0.3 is 0 Å². The van der Waals surface area contributed by atoms with E-state index in [4.69, 9.17) is 10.6 Å². The van der Waals surface area contributed by atoms with Crippen LogP contribution in [0.3, 0.4) is 0 Å². The minimum Gasteiger partial charge on any atom is -0.364 e. The number of hydrogen-bond acceptors (Lipinski definition) is 5. The molecule has 2 heterocycles. The van der Waals surface area contributed by atoms with E-state index in [0.29, 0.717) is 0 Å². The molecule has 92 valence electrons. The Bertz CT molecular complexity index is 374. The normalized spacial score (nSPS) is 23.6. The Hall–Kier alpha value is -1.11. The minimum absolute atomic E-state index is 0.101. The van der Waals surface area contributed by atoms with E-state index in [-0.39, 0.29) is 12.0 Å². The first-order valence-electron chi connectivity index (χ1n) is 5.49. The van der Waals surface area contributed by atoms with Crippen molar-refractivity contribution in [2.24, 2.45) is 5.84 Å². The van der Waals surface area contributed by atoms with Crippen molar-refractivity contribution in [2.75, 3.05) is 5.75 Å². The number of nitrogens with one attached hydrogen (secondary N) is 1. The van der Waals surface area contributed by atoms with Crippen molar-refractivity contribution >= 4 is 17.7 Å². The van der Waals surface area contributed by atoms with Crippen molar-refractivity contribution in [1.29, 1.82) is 0 Å². The fourth-order valence-electron chi connectivity index (χ4n) is 1.72. The molecule has 1 amide bonds. The zero-order chi connectivity index (χ0) is 12.1. The zero-order valence-corrected chi connectivity index (χ0v) is 10.2. The van der Waals surface area contributed by atoms with Gasteiger partial charge in [0.1, 0.15) is 6.10 Å². The fourth-order valence-corrected chi connectivity index (χ4v) is 2.64. The van der Waals surface area contributed by atoms with E-state index < -0.39 is 6.10 Å². The van der Waals surface area contributed by atoms with Crippen LogP contribution in [0.4, 0.5) is 0 Å². The van der Waals surface area contributed by atoms with E-state index in [0.717, 1.165) is 23.6 Å². The Morgan fingerprint density at radius 3 is 3.18 bits per heavy atom. The van der Waals surface area contributed by atoms with Gasteiger partial charge in [0, 0.05) is 11.9 Å². The number of aromatic nitrogens is 1. The second kappa shape index (κ2) is 6.00. The number of nitrogens with two attached hydrogens (primary N) is 1. The molecule has 1 fully saturated rings. The molecule has 0 aromatic carbocycles. The van der Waals surface area contributed by atoms with Crippen LogP contribution in [0, 0.1) is 0 Å². The Balaban J connectivity index is 1.77. The zero-order valence-electron chi connectivity index (χ0n) is 9.33. The molecule has 1 aliphatic heterocycles. The third kappa shape index (κ3) is 3.42. The van der Waals surface area contributed by atoms with Crippen molar-refractivity contribution in [2.45, 2.75) is 30.1 Å². The van der Waals surface area contributed by atoms with Crippen molar-refractivity contribution in [3.63, 3.8) is 0 Å². The van der Waals surface area contributed by atoms with E-state index >= 15 is 0 Å². The molecule has 0 saturated carbocycles. The Labute approximate surface area is 104 Å². The van der Waals surface area contributed by atoms with Crippen LogP contribution < -0.4 is 11.3 Å². The average Bonchev–Trinajstić information content (AvgIpc) is 2.85. The van der Waals surface area contributed by atoms with Crippen LogP contribution in [0.2, 0.25) is 0 Å². The molecule has 17 heavy (non-hydrogen) atoms. The Kier molecular flexibility index (Phi) is 4.36. The molecule has 0 radical (unpaired) electrons. The number of nitrogens with zero attached hydrogens (tertiary/aromatic N) is 1. The van der Waals surface area contributed by atoms with Gasteiger partial charge in [-0.3, -0.25) is 10.2 Å². The smallest absolute Gasteiger partial charge is 0.263 e. The maximum Gasteiger partial charge on any atom is 0.263 e. The van der Waals surface area contributed by atoms with Crippen LogP contribution in [-0.4, -0.2) is 28.9 Å². The predicted octanol–water partition coefficient (Wildman–Crippen LogP) is 0.711. The maximum atomic E-state index is 11.3. The van der Waals surface area contributed by atoms with Crippen LogP contribution in [-0.2, 0) is 9.53 Å². The Morgan fingerprint density at radius 2 is 2.47 bits per heavy atom. The van der Waals surface area contributed by atoms with Gasteiger partial charge < -0.3 is 4.74 Å². The lowest BCUT2D eigenvalue weighted by atomic mass is 10.2.